The summed E-state index contributed by atoms with van der Waals surface area (Å²) in [6, 6.07) is 6.12. The maximum atomic E-state index is 11.7. The summed E-state index contributed by atoms with van der Waals surface area (Å²) in [6.45, 7) is 9.97. The summed E-state index contributed by atoms with van der Waals surface area (Å²) >= 11 is 0. The first-order valence-electron chi connectivity index (χ1n) is 10.2. The maximum absolute atomic E-state index is 11.7. The first kappa shape index (κ1) is 22.1. The number of ether oxygens (including phenoxy) is 2. The Labute approximate surface area is 177 Å². The smallest absolute Gasteiger partial charge is 0.407 e. The first-order valence-corrected chi connectivity index (χ1v) is 10.2. The van der Waals surface area contributed by atoms with Gasteiger partial charge < -0.3 is 24.4 Å². The van der Waals surface area contributed by atoms with Crippen molar-refractivity contribution < 1.29 is 23.9 Å². The molecule has 1 amide bonds. The van der Waals surface area contributed by atoms with Gasteiger partial charge in [0.15, 0.2) is 0 Å². The molecule has 8 nitrogen and oxygen atoms in total. The van der Waals surface area contributed by atoms with Gasteiger partial charge in [0.25, 0.3) is 0 Å². The summed E-state index contributed by atoms with van der Waals surface area (Å²) in [6.07, 6.45) is 1.31. The summed E-state index contributed by atoms with van der Waals surface area (Å²) in [7, 11) is 0. The minimum Gasteiger partial charge on any atom is -0.489 e. The molecule has 0 spiro atoms. The van der Waals surface area contributed by atoms with E-state index in [-0.39, 0.29) is 6.54 Å². The summed E-state index contributed by atoms with van der Waals surface area (Å²) < 4.78 is 16.0. The number of hydrogen-bond acceptors (Lipinski definition) is 7. The molecule has 2 N–H and O–H groups in total. The fraction of sp³-hybridized carbons (Fsp3) is 0.545. The van der Waals surface area contributed by atoms with Crippen LogP contribution in [-0.2, 0) is 24.3 Å². The third-order valence-electron chi connectivity index (χ3n) is 4.86. The van der Waals surface area contributed by atoms with E-state index < -0.39 is 17.8 Å². The molecular formula is C22H31N3O5. The highest BCUT2D eigenvalue weighted by atomic mass is 16.6. The predicted molar refractivity (Wildman–Crippen MR) is 111 cm³/mol. The zero-order valence-corrected chi connectivity index (χ0v) is 18.1. The number of benzene rings is 1. The van der Waals surface area contributed by atoms with Gasteiger partial charge in [0, 0.05) is 26.2 Å². The average Bonchev–Trinajstić information content (AvgIpc) is 3.08. The van der Waals surface area contributed by atoms with E-state index in [0.29, 0.717) is 13.2 Å². The highest BCUT2D eigenvalue weighted by molar-refractivity contribution is 5.67. The van der Waals surface area contributed by atoms with Crippen molar-refractivity contribution in [1.82, 2.24) is 15.4 Å². The summed E-state index contributed by atoms with van der Waals surface area (Å²) in [4.78, 5) is 13.9. The van der Waals surface area contributed by atoms with Crippen molar-refractivity contribution in [3.8, 4) is 5.75 Å². The van der Waals surface area contributed by atoms with Crippen molar-refractivity contribution in [2.24, 2.45) is 0 Å². The first-order chi connectivity index (χ1) is 14.2. The van der Waals surface area contributed by atoms with Crippen LogP contribution in [0.15, 0.2) is 29.0 Å². The van der Waals surface area contributed by atoms with Gasteiger partial charge in [-0.1, -0.05) is 11.2 Å². The van der Waals surface area contributed by atoms with E-state index in [0.717, 1.165) is 36.5 Å². The average molecular weight is 418 g/mol. The Bertz CT molecular complexity index is 859. The molecule has 0 saturated heterocycles. The number of amides is 1. The number of aromatic nitrogens is 1. The van der Waals surface area contributed by atoms with Crippen molar-refractivity contribution in [2.45, 2.75) is 59.0 Å². The van der Waals surface area contributed by atoms with Crippen LogP contribution in [0.4, 0.5) is 4.79 Å². The number of alkyl carbamates (subject to hydrolysis) is 1. The highest BCUT2D eigenvalue weighted by Crippen LogP contribution is 2.25. The topological polar surface area (TPSA) is 97.1 Å². The van der Waals surface area contributed by atoms with Gasteiger partial charge in [-0.15, -0.1) is 0 Å². The Kier molecular flexibility index (Phi) is 6.99. The molecule has 1 aliphatic heterocycles. The lowest BCUT2D eigenvalue weighted by atomic mass is 9.99. The van der Waals surface area contributed by atoms with E-state index in [1.165, 1.54) is 11.1 Å². The third-order valence-corrected chi connectivity index (χ3v) is 4.86. The molecule has 30 heavy (non-hydrogen) atoms. The molecule has 3 rings (SSSR count). The standard InChI is InChI=1S/C22H31N3O5/c1-15-18(14-29-24-15)13-28-20-6-5-17-11-25(8-7-16(17)9-20)12-19(26)10-23-21(27)30-22(2,3)4/h5-6,9,14,19,26H,7-8,10-13H2,1-4H3,(H,23,27). The SMILES string of the molecule is Cc1nocc1COc1ccc2c(c1)CCN(CC(O)CNC(=O)OC(C)(C)C)C2. The molecule has 1 aromatic carbocycles. The van der Waals surface area contributed by atoms with Gasteiger partial charge in [0.05, 0.1) is 17.4 Å². The van der Waals surface area contributed by atoms with E-state index in [1.54, 1.807) is 27.0 Å². The Morgan fingerprint density at radius 3 is 2.87 bits per heavy atom. The normalized spacial score (nSPS) is 15.4. The predicted octanol–water partition coefficient (Wildman–Crippen LogP) is 2.81. The van der Waals surface area contributed by atoms with Crippen LogP contribution in [0.3, 0.4) is 0 Å². The second-order valence-electron chi connectivity index (χ2n) is 8.67. The van der Waals surface area contributed by atoms with Crippen LogP contribution in [0.1, 0.15) is 43.2 Å². The van der Waals surface area contributed by atoms with E-state index in [9.17, 15) is 9.90 Å². The van der Waals surface area contributed by atoms with Crippen molar-refractivity contribution in [1.29, 1.82) is 0 Å². The molecule has 1 aliphatic rings. The second-order valence-corrected chi connectivity index (χ2v) is 8.67. The van der Waals surface area contributed by atoms with E-state index in [1.807, 2.05) is 13.0 Å². The van der Waals surface area contributed by atoms with Crippen molar-refractivity contribution in [2.75, 3.05) is 19.6 Å². The van der Waals surface area contributed by atoms with E-state index in [4.69, 9.17) is 14.0 Å². The molecular weight excluding hydrogens is 386 g/mol. The lowest BCUT2D eigenvalue weighted by Crippen LogP contribution is -2.43. The van der Waals surface area contributed by atoms with Crippen LogP contribution >= 0.6 is 0 Å². The molecule has 1 aromatic heterocycles. The van der Waals surface area contributed by atoms with Gasteiger partial charge >= 0.3 is 6.09 Å². The molecule has 8 heteroatoms. The van der Waals surface area contributed by atoms with Gasteiger partial charge in [0.1, 0.15) is 24.2 Å². The van der Waals surface area contributed by atoms with Gasteiger partial charge in [-0.2, -0.15) is 0 Å². The van der Waals surface area contributed by atoms with E-state index in [2.05, 4.69) is 27.5 Å². The zero-order valence-electron chi connectivity index (χ0n) is 18.1. The monoisotopic (exact) mass is 417 g/mol. The summed E-state index contributed by atoms with van der Waals surface area (Å²) in [5, 5.41) is 16.8. The number of nitrogens with one attached hydrogen (secondary N) is 1. The highest BCUT2D eigenvalue weighted by Gasteiger charge is 2.21. The third kappa shape index (κ3) is 6.47. The number of aliphatic hydroxyl groups excluding tert-OH is 1. The number of carbonyl (C=O) groups is 1. The van der Waals surface area contributed by atoms with Crippen LogP contribution in [0.25, 0.3) is 0 Å². The Morgan fingerprint density at radius 1 is 1.37 bits per heavy atom. The maximum Gasteiger partial charge on any atom is 0.407 e. The van der Waals surface area contributed by atoms with Crippen molar-refractivity contribution >= 4 is 6.09 Å². The molecule has 0 saturated carbocycles. The molecule has 2 aromatic rings. The largest absolute Gasteiger partial charge is 0.489 e. The minimum atomic E-state index is -0.659. The van der Waals surface area contributed by atoms with Gasteiger partial charge in [-0.05, 0) is 57.4 Å². The lowest BCUT2D eigenvalue weighted by molar-refractivity contribution is 0.0464. The number of nitrogens with zero attached hydrogens (tertiary/aromatic N) is 2. The fourth-order valence-corrected chi connectivity index (χ4v) is 3.32. The van der Waals surface area contributed by atoms with Crippen LogP contribution < -0.4 is 10.1 Å². The molecule has 0 bridgehead atoms. The minimum absolute atomic E-state index is 0.160. The molecule has 164 valence electrons. The molecule has 1 unspecified atom stereocenters. The number of β-amino-alcohol motifs (C(OH)–C–C–N with tert-alkyl or cyclic N) is 1. The molecule has 0 aliphatic carbocycles. The quantitative estimate of drug-likeness (QED) is 0.715. The molecule has 0 radical (unpaired) electrons. The van der Waals surface area contributed by atoms with Gasteiger partial charge in [-0.25, -0.2) is 4.79 Å². The second kappa shape index (κ2) is 9.49. The number of hydrogen-bond donors (Lipinski definition) is 2. The lowest BCUT2D eigenvalue weighted by Gasteiger charge is -2.30. The van der Waals surface area contributed by atoms with Gasteiger partial charge in [-0.3, -0.25) is 4.90 Å². The zero-order chi connectivity index (χ0) is 21.7. The van der Waals surface area contributed by atoms with Crippen LogP contribution in [0.5, 0.6) is 5.75 Å². The van der Waals surface area contributed by atoms with Crippen molar-refractivity contribution in [3.05, 3.63) is 46.8 Å². The van der Waals surface area contributed by atoms with Crippen molar-refractivity contribution in [3.63, 3.8) is 0 Å². The summed E-state index contributed by atoms with van der Waals surface area (Å²) in [5.41, 5.74) is 3.70. The van der Waals surface area contributed by atoms with Crippen LogP contribution in [-0.4, -0.2) is 52.6 Å². The number of fused-ring (bicyclic) bond motifs is 1. The van der Waals surface area contributed by atoms with Crippen LogP contribution in [0, 0.1) is 6.92 Å². The number of aryl methyl sites for hydroxylation is 1. The number of aliphatic hydroxyl groups is 1. The van der Waals surface area contributed by atoms with E-state index >= 15 is 0 Å². The van der Waals surface area contributed by atoms with Crippen LogP contribution in [0.2, 0.25) is 0 Å². The fourth-order valence-electron chi connectivity index (χ4n) is 3.32. The Hall–Kier alpha value is -2.58. The number of rotatable bonds is 7. The summed E-state index contributed by atoms with van der Waals surface area (Å²) in [5.74, 6) is 0.824. The Balaban J connectivity index is 1.46. The molecule has 1 atom stereocenters. The molecule has 0 fully saturated rings. The molecule has 2 heterocycles. The Morgan fingerprint density at radius 2 is 2.17 bits per heavy atom. The van der Waals surface area contributed by atoms with Gasteiger partial charge in [0.2, 0.25) is 0 Å². The number of carbonyl (C=O) groups excluding carboxylic acids is 1.